The van der Waals surface area contributed by atoms with E-state index in [9.17, 15) is 0 Å². The van der Waals surface area contributed by atoms with Crippen molar-refractivity contribution in [3.05, 3.63) is 0 Å². The van der Waals surface area contributed by atoms with Crippen LogP contribution in [0.3, 0.4) is 0 Å². The maximum Gasteiger partial charge on any atom is 0.0701 e. The van der Waals surface area contributed by atoms with Gasteiger partial charge >= 0.3 is 0 Å². The molecule has 176 valence electrons. The minimum absolute atomic E-state index is 0.0278. The van der Waals surface area contributed by atoms with E-state index in [-0.39, 0.29) is 13.2 Å². The summed E-state index contributed by atoms with van der Waals surface area (Å²) in [5.41, 5.74) is 0. The number of hydrogen-bond donors (Lipinski definition) is 2. The molecule has 0 fully saturated rings. The van der Waals surface area contributed by atoms with Crippen LogP contribution in [0.1, 0.15) is 0 Å². The highest BCUT2D eigenvalue weighted by atomic mass is 16.5. The van der Waals surface area contributed by atoms with Gasteiger partial charge in [0, 0.05) is 42.7 Å². The van der Waals surface area contributed by atoms with E-state index >= 15 is 0 Å². The molecule has 0 rings (SSSR count). The van der Waals surface area contributed by atoms with E-state index in [4.69, 9.17) is 38.6 Å². The van der Waals surface area contributed by atoms with Crippen LogP contribution in [0.25, 0.3) is 0 Å². The summed E-state index contributed by atoms with van der Waals surface area (Å²) in [5.74, 6) is 0. The highest BCUT2D eigenvalue weighted by Gasteiger charge is 1.85. The summed E-state index contributed by atoms with van der Waals surface area (Å²) in [6.45, 7) is 5.93. The summed E-state index contributed by atoms with van der Waals surface area (Å²) in [5, 5.41) is 16.2. The summed E-state index contributed by atoms with van der Waals surface area (Å²) in [7, 11) is 9.86. The molecule has 0 saturated heterocycles. The van der Waals surface area contributed by atoms with Gasteiger partial charge in [0.1, 0.15) is 0 Å². The van der Waals surface area contributed by atoms with E-state index in [1.165, 1.54) is 0 Å². The lowest BCUT2D eigenvalue weighted by Crippen LogP contribution is -2.06. The lowest BCUT2D eigenvalue weighted by atomic mass is 10.7. The highest BCUT2D eigenvalue weighted by Crippen LogP contribution is 1.76. The molecule has 0 saturated carbocycles. The summed E-state index contributed by atoms with van der Waals surface area (Å²) >= 11 is 0. The quantitative estimate of drug-likeness (QED) is 0.327. The lowest BCUT2D eigenvalue weighted by molar-refractivity contribution is 0.0385. The molecule has 0 unspecified atom stereocenters. The van der Waals surface area contributed by atoms with Crippen LogP contribution in [0, 0.1) is 0 Å². The van der Waals surface area contributed by atoms with Gasteiger partial charge < -0.3 is 48.1 Å². The Morgan fingerprint density at radius 3 is 0.786 bits per heavy atom. The first-order chi connectivity index (χ1) is 13.7. The van der Waals surface area contributed by atoms with E-state index in [0.29, 0.717) is 66.1 Å². The second-order valence-electron chi connectivity index (χ2n) is 4.66. The molecule has 28 heavy (non-hydrogen) atoms. The van der Waals surface area contributed by atoms with Crippen molar-refractivity contribution in [2.75, 3.05) is 122 Å². The zero-order valence-corrected chi connectivity index (χ0v) is 18.6. The van der Waals surface area contributed by atoms with Crippen LogP contribution in [0.4, 0.5) is 0 Å². The number of rotatable bonds is 16. The van der Waals surface area contributed by atoms with Crippen molar-refractivity contribution in [2.45, 2.75) is 0 Å². The highest BCUT2D eigenvalue weighted by molar-refractivity contribution is 4.28. The first-order valence-electron chi connectivity index (χ1n) is 8.97. The van der Waals surface area contributed by atoms with Crippen LogP contribution in [-0.4, -0.2) is 132 Å². The molecule has 0 aliphatic heterocycles. The van der Waals surface area contributed by atoms with Gasteiger partial charge in [-0.3, -0.25) is 0 Å². The molecule has 10 nitrogen and oxygen atoms in total. The predicted octanol–water partition coefficient (Wildman–Crippen LogP) is -0.158. The lowest BCUT2D eigenvalue weighted by Gasteiger charge is -2.00. The van der Waals surface area contributed by atoms with Crippen molar-refractivity contribution in [3.63, 3.8) is 0 Å². The zero-order chi connectivity index (χ0) is 22.1. The molecule has 0 spiro atoms. The molecule has 0 aromatic rings. The molecule has 0 aromatic carbocycles. The molecule has 0 aliphatic carbocycles. The largest absolute Gasteiger partial charge is 0.394 e. The van der Waals surface area contributed by atoms with Crippen LogP contribution in [-0.2, 0) is 37.9 Å². The van der Waals surface area contributed by atoms with Crippen molar-refractivity contribution in [1.29, 1.82) is 0 Å². The third-order valence-corrected chi connectivity index (χ3v) is 2.20. The van der Waals surface area contributed by atoms with Gasteiger partial charge in [0.15, 0.2) is 0 Å². The molecule has 0 atom stereocenters. The van der Waals surface area contributed by atoms with Gasteiger partial charge in [0.25, 0.3) is 0 Å². The zero-order valence-electron chi connectivity index (χ0n) is 18.6. The Hall–Kier alpha value is -0.400. The smallest absolute Gasteiger partial charge is 0.0701 e. The summed E-state index contributed by atoms with van der Waals surface area (Å²) in [6.07, 6.45) is 0. The van der Waals surface area contributed by atoms with Crippen molar-refractivity contribution >= 4 is 0 Å². The van der Waals surface area contributed by atoms with E-state index < -0.39 is 0 Å². The monoisotopic (exact) mass is 420 g/mol. The Balaban J connectivity index is -0.000000145. The van der Waals surface area contributed by atoms with Crippen LogP contribution >= 0.6 is 0 Å². The normalized spacial score (nSPS) is 9.43. The van der Waals surface area contributed by atoms with E-state index in [2.05, 4.69) is 9.47 Å². The minimum atomic E-state index is 0.0278. The van der Waals surface area contributed by atoms with Gasteiger partial charge in [0.05, 0.1) is 79.3 Å². The Morgan fingerprint density at radius 1 is 0.393 bits per heavy atom. The molecule has 0 amide bonds. The average molecular weight is 421 g/mol. The Bertz CT molecular complexity index is 169. The second-order valence-corrected chi connectivity index (χ2v) is 4.66. The fraction of sp³-hybridized carbons (Fsp3) is 1.00. The maximum atomic E-state index is 8.09. The van der Waals surface area contributed by atoms with E-state index in [1.54, 1.807) is 42.7 Å². The molecule has 0 aromatic heterocycles. The molecule has 0 aliphatic rings. The van der Waals surface area contributed by atoms with E-state index in [1.807, 2.05) is 0 Å². The van der Waals surface area contributed by atoms with Crippen LogP contribution in [0.2, 0.25) is 0 Å². The van der Waals surface area contributed by atoms with Crippen molar-refractivity contribution in [3.8, 4) is 0 Å². The van der Waals surface area contributed by atoms with Gasteiger partial charge in [-0.15, -0.1) is 0 Å². The fourth-order valence-electron chi connectivity index (χ4n) is 1.00. The SMILES string of the molecule is COC.COCCOCCOC.COCCOCCOC.OCCOCCO. The topological polar surface area (TPSA) is 114 Å². The van der Waals surface area contributed by atoms with Crippen molar-refractivity contribution in [1.82, 2.24) is 0 Å². The van der Waals surface area contributed by atoms with Gasteiger partial charge in [0.2, 0.25) is 0 Å². The first-order valence-corrected chi connectivity index (χ1v) is 8.97. The van der Waals surface area contributed by atoms with Crippen LogP contribution in [0.15, 0.2) is 0 Å². The standard InChI is InChI=1S/2C6H14O3.C4H10O3.C2H6O/c2*1-7-3-5-9-6-4-8-2;5-1-3-7-4-2-6;1-3-2/h2*3-6H2,1-2H3;5-6H,1-4H2;1-2H3. The van der Waals surface area contributed by atoms with Crippen molar-refractivity contribution in [2.24, 2.45) is 0 Å². The number of aliphatic hydroxyl groups excluding tert-OH is 2. The molecular weight excluding hydrogens is 376 g/mol. The minimum Gasteiger partial charge on any atom is -0.394 e. The third-order valence-electron chi connectivity index (χ3n) is 2.20. The van der Waals surface area contributed by atoms with Crippen molar-refractivity contribution < 1.29 is 48.1 Å². The number of ether oxygens (including phenoxy) is 8. The molecule has 0 bridgehead atoms. The summed E-state index contributed by atoms with van der Waals surface area (Å²) < 4.78 is 38.0. The Labute approximate surface area is 170 Å². The third kappa shape index (κ3) is 63.7. The summed E-state index contributed by atoms with van der Waals surface area (Å²) in [6, 6.07) is 0. The Morgan fingerprint density at radius 2 is 0.607 bits per heavy atom. The molecule has 0 heterocycles. The van der Waals surface area contributed by atoms with Gasteiger partial charge in [-0.05, 0) is 0 Å². The maximum absolute atomic E-state index is 8.09. The van der Waals surface area contributed by atoms with E-state index in [0.717, 1.165) is 0 Å². The fourth-order valence-corrected chi connectivity index (χ4v) is 1.00. The summed E-state index contributed by atoms with van der Waals surface area (Å²) in [4.78, 5) is 0. The second kappa shape index (κ2) is 45.4. The number of aliphatic hydroxyl groups is 2. The van der Waals surface area contributed by atoms with Gasteiger partial charge in [-0.25, -0.2) is 0 Å². The molecule has 10 heteroatoms. The molecule has 2 N–H and O–H groups in total. The Kier molecular flexibility index (Phi) is 56.8. The number of methoxy groups -OCH3 is 5. The molecular formula is C18H44O10. The van der Waals surface area contributed by atoms with Gasteiger partial charge in [-0.2, -0.15) is 0 Å². The van der Waals surface area contributed by atoms with Crippen LogP contribution in [0.5, 0.6) is 0 Å². The molecule has 0 radical (unpaired) electrons. The number of hydrogen-bond acceptors (Lipinski definition) is 10. The predicted molar refractivity (Wildman–Crippen MR) is 107 cm³/mol. The first kappa shape index (κ1) is 35.1. The van der Waals surface area contributed by atoms with Crippen LogP contribution < -0.4 is 0 Å². The van der Waals surface area contributed by atoms with Gasteiger partial charge in [-0.1, -0.05) is 0 Å². The average Bonchev–Trinajstić information content (AvgIpc) is 2.70.